The minimum absolute atomic E-state index is 0.0287. The third kappa shape index (κ3) is 2.55. The van der Waals surface area contributed by atoms with Crippen LogP contribution in [0, 0.1) is 0 Å². The van der Waals surface area contributed by atoms with Crippen molar-refractivity contribution >= 4 is 24.0 Å². The smallest absolute Gasteiger partial charge is 0.359 e. The lowest BCUT2D eigenvalue weighted by atomic mass is 9.90. The largest absolute Gasteiger partial charge is 0.493 e. The number of urea groups is 2. The Labute approximate surface area is 201 Å². The first-order valence-electron chi connectivity index (χ1n) is 11.2. The number of carbonyl (C=O) groups excluding carboxylic acids is 4. The fraction of sp³-hybridized carbons (Fsp3) is 0.545. The van der Waals surface area contributed by atoms with E-state index in [4.69, 9.17) is 23.7 Å². The van der Waals surface area contributed by atoms with E-state index in [2.05, 4.69) is 0 Å². The minimum atomic E-state index is -2.15. The van der Waals surface area contributed by atoms with Gasteiger partial charge in [0.1, 0.15) is 13.5 Å². The molecule has 0 aliphatic carbocycles. The Balaban J connectivity index is 1.82. The zero-order valence-electron chi connectivity index (χ0n) is 19.9. The number of benzene rings is 1. The van der Waals surface area contributed by atoms with Crippen LogP contribution >= 0.6 is 0 Å². The monoisotopic (exact) mass is 490 g/mol. The van der Waals surface area contributed by atoms with E-state index >= 15 is 0 Å². The third-order valence-corrected chi connectivity index (χ3v) is 6.90. The fourth-order valence-electron chi connectivity index (χ4n) is 5.56. The Morgan fingerprint density at radius 1 is 0.800 bits per heavy atom. The Kier molecular flexibility index (Phi) is 5.20. The molecule has 0 bridgehead atoms. The summed E-state index contributed by atoms with van der Waals surface area (Å²) in [6.45, 7) is 2.31. The highest BCUT2D eigenvalue weighted by Gasteiger charge is 2.88. The van der Waals surface area contributed by atoms with Crippen LogP contribution in [-0.2, 0) is 36.9 Å². The molecular weight excluding hydrogens is 464 g/mol. The van der Waals surface area contributed by atoms with Crippen LogP contribution in [0.1, 0.15) is 25.0 Å². The molecule has 0 spiro atoms. The molecule has 0 aromatic heterocycles. The number of hydrogen-bond acceptors (Lipinski definition) is 9. The second-order valence-corrected chi connectivity index (χ2v) is 8.32. The van der Waals surface area contributed by atoms with Crippen molar-refractivity contribution in [2.45, 2.75) is 38.3 Å². The minimum Gasteiger partial charge on any atom is -0.493 e. The van der Waals surface area contributed by atoms with E-state index in [9.17, 15) is 19.2 Å². The molecule has 188 valence electrons. The fourth-order valence-corrected chi connectivity index (χ4v) is 5.56. The van der Waals surface area contributed by atoms with Crippen molar-refractivity contribution in [3.8, 4) is 11.5 Å². The zero-order valence-corrected chi connectivity index (χ0v) is 19.9. The molecule has 0 radical (unpaired) electrons. The van der Waals surface area contributed by atoms with E-state index in [1.165, 1.54) is 24.0 Å². The van der Waals surface area contributed by atoms with Crippen LogP contribution < -0.4 is 9.47 Å². The van der Waals surface area contributed by atoms with E-state index in [-0.39, 0.29) is 39.8 Å². The van der Waals surface area contributed by atoms with Gasteiger partial charge in [-0.1, -0.05) is 0 Å². The second-order valence-electron chi connectivity index (χ2n) is 8.32. The summed E-state index contributed by atoms with van der Waals surface area (Å²) in [5, 5.41) is 0. The third-order valence-electron chi connectivity index (χ3n) is 6.90. The van der Waals surface area contributed by atoms with Crippen LogP contribution in [0.25, 0.3) is 0 Å². The maximum Gasteiger partial charge on any atom is 0.359 e. The Hall–Kier alpha value is -3.74. The number of carbonyl (C=O) groups is 4. The molecule has 35 heavy (non-hydrogen) atoms. The van der Waals surface area contributed by atoms with Crippen molar-refractivity contribution in [3.63, 3.8) is 0 Å². The number of ether oxygens (including phenoxy) is 5. The summed E-state index contributed by atoms with van der Waals surface area (Å²) in [5.41, 5.74) is -3.04. The highest BCUT2D eigenvalue weighted by atomic mass is 16.6. The van der Waals surface area contributed by atoms with Crippen LogP contribution in [-0.4, -0.2) is 95.8 Å². The summed E-state index contributed by atoms with van der Waals surface area (Å²) in [5.74, 6) is -0.990. The van der Waals surface area contributed by atoms with Crippen molar-refractivity contribution < 1.29 is 42.9 Å². The molecule has 3 fully saturated rings. The van der Waals surface area contributed by atoms with Gasteiger partial charge in [-0.25, -0.2) is 19.2 Å². The highest BCUT2D eigenvalue weighted by Crippen LogP contribution is 2.56. The Morgan fingerprint density at radius 2 is 1.20 bits per heavy atom. The van der Waals surface area contributed by atoms with Gasteiger partial charge < -0.3 is 23.7 Å². The zero-order chi connectivity index (χ0) is 25.1. The maximum atomic E-state index is 13.9. The molecule has 4 heterocycles. The van der Waals surface area contributed by atoms with Gasteiger partial charge in [-0.2, -0.15) is 0 Å². The summed E-state index contributed by atoms with van der Waals surface area (Å²) >= 11 is 0. The molecule has 0 saturated carbocycles. The molecule has 0 atom stereocenters. The molecule has 4 aliphatic heterocycles. The van der Waals surface area contributed by atoms with Gasteiger partial charge in [0.25, 0.3) is 11.3 Å². The standard InChI is InChI=1S/C22H26N4O9/c1-5-34-17(27)21-22(18(28)35-6-2)25-11-33-12-26(22)20(30)24(21)10-14-8-16(32-4)15(31-3)7-13(14)9-23(21)19(25)29/h7-8H,5-6,9-12H2,1-4H3/t21-,22+. The molecule has 4 amide bonds. The topological polar surface area (TPSA) is 127 Å². The predicted molar refractivity (Wildman–Crippen MR) is 115 cm³/mol. The van der Waals surface area contributed by atoms with Crippen molar-refractivity contribution in [1.82, 2.24) is 19.6 Å². The van der Waals surface area contributed by atoms with Crippen molar-refractivity contribution in [2.24, 2.45) is 0 Å². The second kappa shape index (κ2) is 7.90. The van der Waals surface area contributed by atoms with Gasteiger partial charge in [0.05, 0.1) is 40.5 Å². The van der Waals surface area contributed by atoms with Gasteiger partial charge in [0.15, 0.2) is 11.5 Å². The van der Waals surface area contributed by atoms with E-state index in [0.29, 0.717) is 22.6 Å². The van der Waals surface area contributed by atoms with Crippen LogP contribution in [0.4, 0.5) is 9.59 Å². The number of rotatable bonds is 6. The van der Waals surface area contributed by atoms with Gasteiger partial charge in [-0.15, -0.1) is 0 Å². The Bertz CT molecular complexity index is 1060. The average Bonchev–Trinajstić information content (AvgIpc) is 3.14. The van der Waals surface area contributed by atoms with Crippen LogP contribution in [0.3, 0.4) is 0 Å². The summed E-state index contributed by atoms with van der Waals surface area (Å²) in [7, 11) is 2.96. The van der Waals surface area contributed by atoms with E-state index in [1.807, 2.05) is 0 Å². The molecule has 13 heteroatoms. The van der Waals surface area contributed by atoms with Gasteiger partial charge in [0.2, 0.25) is 0 Å². The number of nitrogens with zero attached hydrogens (tertiary/aromatic N) is 4. The summed E-state index contributed by atoms with van der Waals surface area (Å²) in [6, 6.07) is 2.04. The SMILES string of the molecule is CCOC(=O)[C@]12N3COCN1C(=O)N1Cc4cc(OC)c(OC)cc4CN(C3=O)[C@]12C(=O)OCC. The van der Waals surface area contributed by atoms with E-state index in [0.717, 1.165) is 9.80 Å². The maximum absolute atomic E-state index is 13.9. The number of hydrogen-bond donors (Lipinski definition) is 0. The van der Waals surface area contributed by atoms with E-state index in [1.54, 1.807) is 26.0 Å². The quantitative estimate of drug-likeness (QED) is 0.528. The molecule has 1 aromatic carbocycles. The molecular formula is C22H26N4O9. The summed E-state index contributed by atoms with van der Waals surface area (Å²) in [6.07, 6.45) is 0. The molecule has 1 aromatic rings. The summed E-state index contributed by atoms with van der Waals surface area (Å²) < 4.78 is 27.2. The first-order valence-corrected chi connectivity index (χ1v) is 11.2. The lowest BCUT2D eigenvalue weighted by Crippen LogP contribution is -2.77. The molecule has 5 rings (SSSR count). The molecule has 0 unspecified atom stereocenters. The molecule has 4 aliphatic rings. The number of amides is 4. The first-order chi connectivity index (χ1) is 16.8. The van der Waals surface area contributed by atoms with Crippen molar-refractivity contribution in [1.29, 1.82) is 0 Å². The van der Waals surface area contributed by atoms with E-state index < -0.39 is 35.3 Å². The number of fused-ring (bicyclic) bond motifs is 1. The summed E-state index contributed by atoms with van der Waals surface area (Å²) in [4.78, 5) is 59.9. The molecule has 13 nitrogen and oxygen atoms in total. The predicted octanol–water partition coefficient (Wildman–Crippen LogP) is 0.657. The van der Waals surface area contributed by atoms with Gasteiger partial charge in [0, 0.05) is 0 Å². The van der Waals surface area contributed by atoms with Gasteiger partial charge in [-0.05, 0) is 37.1 Å². The average molecular weight is 490 g/mol. The lowest BCUT2D eigenvalue weighted by Gasteiger charge is -2.46. The lowest BCUT2D eigenvalue weighted by molar-refractivity contribution is -0.212. The normalized spacial score (nSPS) is 26.3. The number of methoxy groups -OCH3 is 2. The highest BCUT2D eigenvalue weighted by molar-refractivity contribution is 6.09. The molecule has 0 N–H and O–H groups in total. The van der Waals surface area contributed by atoms with Crippen LogP contribution in [0.2, 0.25) is 0 Å². The van der Waals surface area contributed by atoms with Crippen LogP contribution in [0.5, 0.6) is 11.5 Å². The van der Waals surface area contributed by atoms with Crippen LogP contribution in [0.15, 0.2) is 12.1 Å². The van der Waals surface area contributed by atoms with Crippen molar-refractivity contribution in [2.75, 3.05) is 40.9 Å². The molecule has 3 saturated heterocycles. The van der Waals surface area contributed by atoms with Gasteiger partial charge in [-0.3, -0.25) is 19.6 Å². The van der Waals surface area contributed by atoms with Gasteiger partial charge >= 0.3 is 24.0 Å². The first kappa shape index (κ1) is 23.0. The Morgan fingerprint density at radius 3 is 1.57 bits per heavy atom. The van der Waals surface area contributed by atoms with Crippen molar-refractivity contribution in [3.05, 3.63) is 23.3 Å². The number of esters is 2.